The summed E-state index contributed by atoms with van der Waals surface area (Å²) in [6, 6.07) is 13.8. The van der Waals surface area contributed by atoms with E-state index < -0.39 is 6.04 Å². The Morgan fingerprint density at radius 1 is 1.25 bits per heavy atom. The molecule has 1 amide bonds. The van der Waals surface area contributed by atoms with Gasteiger partial charge >= 0.3 is 0 Å². The molecule has 28 heavy (non-hydrogen) atoms. The molecule has 2 heterocycles. The second kappa shape index (κ2) is 7.60. The van der Waals surface area contributed by atoms with Gasteiger partial charge in [-0.25, -0.2) is 0 Å². The summed E-state index contributed by atoms with van der Waals surface area (Å²) in [7, 11) is 0. The minimum Gasteiger partial charge on any atom is -0.360 e. The maximum atomic E-state index is 12.1. The first-order valence-corrected chi connectivity index (χ1v) is 9.86. The van der Waals surface area contributed by atoms with Crippen molar-refractivity contribution in [3.8, 4) is 11.1 Å². The third kappa shape index (κ3) is 3.34. The first-order valence-electron chi connectivity index (χ1n) is 9.86. The Morgan fingerprint density at radius 3 is 2.82 bits per heavy atom. The van der Waals surface area contributed by atoms with Crippen LogP contribution in [0, 0.1) is 0 Å². The van der Waals surface area contributed by atoms with Gasteiger partial charge in [0.1, 0.15) is 5.78 Å². The van der Waals surface area contributed by atoms with Gasteiger partial charge in [0, 0.05) is 42.2 Å². The molecule has 0 saturated carbocycles. The molecule has 2 aromatic carbocycles. The normalized spacial score (nSPS) is 15.4. The Bertz CT molecular complexity index is 1040. The van der Waals surface area contributed by atoms with E-state index >= 15 is 0 Å². The zero-order chi connectivity index (χ0) is 19.7. The molecular formula is C23H25N3O2. The van der Waals surface area contributed by atoms with Crippen molar-refractivity contribution in [3.63, 3.8) is 0 Å². The number of para-hydroxylation sites is 1. The average Bonchev–Trinajstić information content (AvgIpc) is 3.33. The summed E-state index contributed by atoms with van der Waals surface area (Å²) in [6.07, 6.45) is 4.46. The minimum absolute atomic E-state index is 0.0773. The van der Waals surface area contributed by atoms with Gasteiger partial charge in [-0.05, 0) is 36.1 Å². The molecule has 5 nitrogen and oxygen atoms in total. The number of H-pyrrole nitrogens is 1. The second-order valence-electron chi connectivity index (χ2n) is 7.37. The number of nitrogens with two attached hydrogens (primary N) is 1. The number of carbonyl (C=O) groups is 2. The highest BCUT2D eigenvalue weighted by Crippen LogP contribution is 2.33. The van der Waals surface area contributed by atoms with E-state index in [-0.39, 0.29) is 11.7 Å². The number of hydrogen-bond acceptors (Lipinski definition) is 3. The quantitative estimate of drug-likeness (QED) is 0.687. The maximum Gasteiger partial charge on any atom is 0.227 e. The van der Waals surface area contributed by atoms with Crippen molar-refractivity contribution in [2.75, 3.05) is 11.4 Å². The molecule has 1 aliphatic rings. The van der Waals surface area contributed by atoms with Crippen LogP contribution in [-0.2, 0) is 16.0 Å². The molecule has 1 atom stereocenters. The van der Waals surface area contributed by atoms with Gasteiger partial charge in [-0.1, -0.05) is 37.3 Å². The number of Topliss-reactive ketones (excluding diaryl/α,β-unsaturated/α-hetero) is 1. The van der Waals surface area contributed by atoms with Crippen LogP contribution in [0.4, 0.5) is 5.69 Å². The molecule has 0 aliphatic carbocycles. The van der Waals surface area contributed by atoms with Crippen molar-refractivity contribution in [1.29, 1.82) is 0 Å². The molecule has 1 aromatic heterocycles. The van der Waals surface area contributed by atoms with Crippen molar-refractivity contribution in [3.05, 3.63) is 54.2 Å². The number of nitrogens with zero attached hydrogens (tertiary/aromatic N) is 1. The van der Waals surface area contributed by atoms with Crippen molar-refractivity contribution in [2.45, 2.75) is 38.6 Å². The molecule has 1 saturated heterocycles. The highest BCUT2D eigenvalue weighted by Gasteiger charge is 2.22. The molecule has 1 fully saturated rings. The van der Waals surface area contributed by atoms with Crippen LogP contribution in [0.15, 0.2) is 48.7 Å². The smallest absolute Gasteiger partial charge is 0.227 e. The SMILES string of the molecule is CCC(=O)C(N)Cc1c[nH]c2c(-c3cccc(N4CCCC4=O)c3)cccc12. The average molecular weight is 375 g/mol. The Balaban J connectivity index is 1.70. The molecule has 1 aliphatic heterocycles. The van der Waals surface area contributed by atoms with Gasteiger partial charge in [0.05, 0.1) is 11.6 Å². The van der Waals surface area contributed by atoms with Gasteiger partial charge in [-0.15, -0.1) is 0 Å². The minimum atomic E-state index is -0.475. The molecular weight excluding hydrogens is 350 g/mol. The lowest BCUT2D eigenvalue weighted by Crippen LogP contribution is -2.31. The van der Waals surface area contributed by atoms with E-state index in [0.29, 0.717) is 19.3 Å². The maximum absolute atomic E-state index is 12.1. The molecule has 1 unspecified atom stereocenters. The number of carbonyl (C=O) groups excluding carboxylic acids is 2. The fourth-order valence-corrected chi connectivity index (χ4v) is 4.00. The monoisotopic (exact) mass is 375 g/mol. The zero-order valence-electron chi connectivity index (χ0n) is 16.1. The largest absolute Gasteiger partial charge is 0.360 e. The molecule has 4 rings (SSSR count). The van der Waals surface area contributed by atoms with Gasteiger partial charge in [0.2, 0.25) is 5.91 Å². The van der Waals surface area contributed by atoms with E-state index in [2.05, 4.69) is 29.2 Å². The third-order valence-electron chi connectivity index (χ3n) is 5.55. The summed E-state index contributed by atoms with van der Waals surface area (Å²) in [6.45, 7) is 2.62. The highest BCUT2D eigenvalue weighted by molar-refractivity contribution is 5.99. The number of aromatic nitrogens is 1. The number of fused-ring (bicyclic) bond motifs is 1. The lowest BCUT2D eigenvalue weighted by molar-refractivity contribution is -0.120. The van der Waals surface area contributed by atoms with E-state index in [4.69, 9.17) is 5.73 Å². The number of ketones is 1. The van der Waals surface area contributed by atoms with Crippen LogP contribution in [0.1, 0.15) is 31.7 Å². The van der Waals surface area contributed by atoms with Crippen LogP contribution in [0.3, 0.4) is 0 Å². The molecule has 0 bridgehead atoms. The summed E-state index contributed by atoms with van der Waals surface area (Å²) in [4.78, 5) is 29.2. The Labute approximate surface area is 164 Å². The van der Waals surface area contributed by atoms with Gasteiger partial charge in [-0.3, -0.25) is 9.59 Å². The molecule has 0 radical (unpaired) electrons. The third-order valence-corrected chi connectivity index (χ3v) is 5.55. The van der Waals surface area contributed by atoms with Crippen LogP contribution in [0.5, 0.6) is 0 Å². The van der Waals surface area contributed by atoms with Gasteiger partial charge < -0.3 is 15.6 Å². The van der Waals surface area contributed by atoms with Crippen LogP contribution < -0.4 is 10.6 Å². The number of anilines is 1. The van der Waals surface area contributed by atoms with Crippen molar-refractivity contribution < 1.29 is 9.59 Å². The fraction of sp³-hybridized carbons (Fsp3) is 0.304. The summed E-state index contributed by atoms with van der Waals surface area (Å²) in [5, 5.41) is 1.08. The predicted molar refractivity (Wildman–Crippen MR) is 112 cm³/mol. The number of amides is 1. The Morgan fingerprint density at radius 2 is 2.07 bits per heavy atom. The summed E-state index contributed by atoms with van der Waals surface area (Å²) >= 11 is 0. The lowest BCUT2D eigenvalue weighted by Gasteiger charge is -2.17. The molecule has 144 valence electrons. The predicted octanol–water partition coefficient (Wildman–Crippen LogP) is 3.81. The van der Waals surface area contributed by atoms with Gasteiger partial charge in [0.15, 0.2) is 0 Å². The number of benzene rings is 2. The number of hydrogen-bond donors (Lipinski definition) is 2. The van der Waals surface area contributed by atoms with Crippen LogP contribution in [-0.4, -0.2) is 29.3 Å². The van der Waals surface area contributed by atoms with Crippen LogP contribution in [0.25, 0.3) is 22.0 Å². The number of nitrogens with one attached hydrogen (secondary N) is 1. The van der Waals surface area contributed by atoms with Crippen molar-refractivity contribution >= 4 is 28.3 Å². The molecule has 5 heteroatoms. The summed E-state index contributed by atoms with van der Waals surface area (Å²) in [5.41, 5.74) is 11.2. The molecule has 0 spiro atoms. The number of aromatic amines is 1. The van der Waals surface area contributed by atoms with Crippen molar-refractivity contribution in [2.24, 2.45) is 5.73 Å². The first kappa shape index (κ1) is 18.4. The Hall–Kier alpha value is -2.92. The first-order chi connectivity index (χ1) is 13.6. The molecule has 3 aromatic rings. The van der Waals surface area contributed by atoms with Crippen molar-refractivity contribution in [1.82, 2.24) is 4.98 Å². The van der Waals surface area contributed by atoms with E-state index in [0.717, 1.165) is 46.2 Å². The number of rotatable bonds is 6. The van der Waals surface area contributed by atoms with Gasteiger partial charge in [-0.2, -0.15) is 0 Å². The second-order valence-corrected chi connectivity index (χ2v) is 7.37. The summed E-state index contributed by atoms with van der Waals surface area (Å²) < 4.78 is 0. The van der Waals surface area contributed by atoms with E-state index in [1.54, 1.807) is 0 Å². The topological polar surface area (TPSA) is 79.2 Å². The highest BCUT2D eigenvalue weighted by atomic mass is 16.2. The Kier molecular flexibility index (Phi) is 5.01. The fourth-order valence-electron chi connectivity index (χ4n) is 4.00. The lowest BCUT2D eigenvalue weighted by atomic mass is 9.98. The van der Waals surface area contributed by atoms with E-state index in [1.807, 2.05) is 36.2 Å². The van der Waals surface area contributed by atoms with E-state index in [9.17, 15) is 9.59 Å². The zero-order valence-corrected chi connectivity index (χ0v) is 16.1. The van der Waals surface area contributed by atoms with E-state index in [1.165, 1.54) is 0 Å². The molecule has 3 N–H and O–H groups in total. The summed E-state index contributed by atoms with van der Waals surface area (Å²) in [5.74, 6) is 0.264. The van der Waals surface area contributed by atoms with Crippen LogP contribution >= 0.6 is 0 Å². The van der Waals surface area contributed by atoms with Crippen LogP contribution in [0.2, 0.25) is 0 Å². The van der Waals surface area contributed by atoms with Gasteiger partial charge in [0.25, 0.3) is 0 Å². The standard InChI is InChI=1S/C23H25N3O2/c1-2-21(27)20(24)13-16-14-25-23-18(8-4-9-19(16)23)15-6-3-7-17(12-15)26-11-5-10-22(26)28/h3-4,6-9,12,14,20,25H,2,5,10-11,13,24H2,1H3.